The fourth-order valence-corrected chi connectivity index (χ4v) is 3.44. The fourth-order valence-electron chi connectivity index (χ4n) is 1.81. The van der Waals surface area contributed by atoms with Gasteiger partial charge in [0.05, 0.1) is 10.6 Å². The van der Waals surface area contributed by atoms with Crippen molar-refractivity contribution in [3.63, 3.8) is 0 Å². The highest BCUT2D eigenvalue weighted by Crippen LogP contribution is 2.16. The Hall–Kier alpha value is -0.940. The molecule has 0 unspecified atom stereocenters. The molecule has 0 radical (unpaired) electrons. The fraction of sp³-hybridized carbons (Fsp3) is 0.500. The minimum absolute atomic E-state index is 0.240. The summed E-state index contributed by atoms with van der Waals surface area (Å²) in [5, 5.41) is 3.17. The molecule has 4 nitrogen and oxygen atoms in total. The van der Waals surface area contributed by atoms with Gasteiger partial charge in [0.1, 0.15) is 0 Å². The van der Waals surface area contributed by atoms with Gasteiger partial charge in [0, 0.05) is 12.4 Å². The summed E-state index contributed by atoms with van der Waals surface area (Å²) in [4.78, 5) is 4.19. The normalized spacial score (nSPS) is 21.7. The highest BCUT2D eigenvalue weighted by molar-refractivity contribution is 7.91. The Bertz CT molecular complexity index is 410. The first-order valence-electron chi connectivity index (χ1n) is 5.02. The standard InChI is InChI=1S/C10H14N2O2S/c13-15(14,8-9-1-4-12-7-9)10-2-5-11-6-3-10/h2-3,5-6,9,12H,1,4,7-8H2/t9-/m0/s1. The largest absolute Gasteiger partial charge is 0.316 e. The molecule has 1 aromatic heterocycles. The molecular formula is C10H14N2O2S. The van der Waals surface area contributed by atoms with Gasteiger partial charge in [-0.25, -0.2) is 8.42 Å². The van der Waals surface area contributed by atoms with Gasteiger partial charge in [-0.3, -0.25) is 4.98 Å². The van der Waals surface area contributed by atoms with E-state index in [1.54, 1.807) is 12.1 Å². The second-order valence-electron chi connectivity index (χ2n) is 3.82. The van der Waals surface area contributed by atoms with Gasteiger partial charge in [-0.05, 0) is 37.6 Å². The van der Waals surface area contributed by atoms with E-state index in [1.165, 1.54) is 12.4 Å². The zero-order chi connectivity index (χ0) is 10.7. The minimum Gasteiger partial charge on any atom is -0.316 e. The second-order valence-corrected chi connectivity index (χ2v) is 5.86. The van der Waals surface area contributed by atoms with Crippen molar-refractivity contribution in [2.45, 2.75) is 11.3 Å². The second kappa shape index (κ2) is 4.28. The summed E-state index contributed by atoms with van der Waals surface area (Å²) in [6.07, 6.45) is 3.98. The summed E-state index contributed by atoms with van der Waals surface area (Å²) in [5.74, 6) is 0.493. The number of sulfone groups is 1. The topological polar surface area (TPSA) is 59.1 Å². The van der Waals surface area contributed by atoms with E-state index in [4.69, 9.17) is 0 Å². The molecule has 1 saturated heterocycles. The quantitative estimate of drug-likeness (QED) is 0.813. The maximum atomic E-state index is 11.9. The lowest BCUT2D eigenvalue weighted by atomic mass is 10.2. The molecule has 0 spiro atoms. The van der Waals surface area contributed by atoms with Crippen molar-refractivity contribution in [3.8, 4) is 0 Å². The third-order valence-electron chi connectivity index (χ3n) is 2.63. The van der Waals surface area contributed by atoms with Gasteiger partial charge < -0.3 is 5.32 Å². The third kappa shape index (κ3) is 2.54. The van der Waals surface area contributed by atoms with Crippen LogP contribution >= 0.6 is 0 Å². The van der Waals surface area contributed by atoms with Gasteiger partial charge in [0.15, 0.2) is 9.84 Å². The number of rotatable bonds is 3. The predicted molar refractivity (Wildman–Crippen MR) is 57.3 cm³/mol. The van der Waals surface area contributed by atoms with Crippen molar-refractivity contribution in [1.29, 1.82) is 0 Å². The van der Waals surface area contributed by atoms with Crippen LogP contribution in [-0.2, 0) is 9.84 Å². The smallest absolute Gasteiger partial charge is 0.178 e. The summed E-state index contributed by atoms with van der Waals surface area (Å²) < 4.78 is 23.9. The van der Waals surface area contributed by atoms with E-state index in [1.807, 2.05) is 0 Å². The molecule has 1 atom stereocenters. The van der Waals surface area contributed by atoms with Gasteiger partial charge in [-0.1, -0.05) is 0 Å². The Morgan fingerprint density at radius 1 is 1.40 bits per heavy atom. The molecule has 0 aliphatic carbocycles. The van der Waals surface area contributed by atoms with Crippen LogP contribution in [0.3, 0.4) is 0 Å². The number of hydrogen-bond acceptors (Lipinski definition) is 4. The first-order valence-corrected chi connectivity index (χ1v) is 6.67. The van der Waals surface area contributed by atoms with Crippen molar-refractivity contribution < 1.29 is 8.42 Å². The molecule has 1 N–H and O–H groups in total. The Morgan fingerprint density at radius 3 is 2.73 bits per heavy atom. The Morgan fingerprint density at radius 2 is 2.13 bits per heavy atom. The van der Waals surface area contributed by atoms with E-state index >= 15 is 0 Å². The van der Waals surface area contributed by atoms with E-state index in [9.17, 15) is 8.42 Å². The highest BCUT2D eigenvalue weighted by Gasteiger charge is 2.23. The maximum Gasteiger partial charge on any atom is 0.178 e. The Kier molecular flexibility index (Phi) is 3.02. The molecule has 1 aromatic rings. The summed E-state index contributed by atoms with van der Waals surface area (Å²) in [5.41, 5.74) is 0. The zero-order valence-corrected chi connectivity index (χ0v) is 9.20. The molecule has 0 amide bonds. The van der Waals surface area contributed by atoms with Gasteiger partial charge in [-0.2, -0.15) is 0 Å². The average Bonchev–Trinajstić information content (AvgIpc) is 2.71. The van der Waals surface area contributed by atoms with Crippen LogP contribution < -0.4 is 5.32 Å². The van der Waals surface area contributed by atoms with Gasteiger partial charge in [0.2, 0.25) is 0 Å². The van der Waals surface area contributed by atoms with Crippen molar-refractivity contribution in [3.05, 3.63) is 24.5 Å². The first-order chi connectivity index (χ1) is 7.18. The van der Waals surface area contributed by atoms with Crippen LogP contribution in [-0.4, -0.2) is 32.2 Å². The van der Waals surface area contributed by atoms with Crippen LogP contribution in [0.1, 0.15) is 6.42 Å². The Balaban J connectivity index is 2.13. The zero-order valence-electron chi connectivity index (χ0n) is 8.39. The number of aromatic nitrogens is 1. The molecule has 0 bridgehead atoms. The molecule has 15 heavy (non-hydrogen) atoms. The molecule has 0 aromatic carbocycles. The van der Waals surface area contributed by atoms with Crippen LogP contribution in [0.25, 0.3) is 0 Å². The van der Waals surface area contributed by atoms with Crippen LogP contribution in [0.15, 0.2) is 29.4 Å². The number of nitrogens with zero attached hydrogens (tertiary/aromatic N) is 1. The molecule has 1 aliphatic heterocycles. The summed E-state index contributed by atoms with van der Waals surface area (Å²) in [6.45, 7) is 1.74. The molecule has 2 rings (SSSR count). The van der Waals surface area contributed by atoms with E-state index < -0.39 is 9.84 Å². The SMILES string of the molecule is O=S(=O)(C[C@H]1CCNC1)c1ccncc1. The number of hydrogen-bond donors (Lipinski definition) is 1. The van der Waals surface area contributed by atoms with Crippen molar-refractivity contribution in [2.75, 3.05) is 18.8 Å². The van der Waals surface area contributed by atoms with Gasteiger partial charge in [-0.15, -0.1) is 0 Å². The molecule has 1 fully saturated rings. The van der Waals surface area contributed by atoms with E-state index in [0.29, 0.717) is 4.90 Å². The first kappa shape index (κ1) is 10.6. The summed E-state index contributed by atoms with van der Waals surface area (Å²) in [6, 6.07) is 3.11. The van der Waals surface area contributed by atoms with E-state index in [0.717, 1.165) is 19.5 Å². The van der Waals surface area contributed by atoms with Gasteiger partial charge in [0.25, 0.3) is 0 Å². The summed E-state index contributed by atoms with van der Waals surface area (Å²) in [7, 11) is -3.12. The molecule has 5 heteroatoms. The van der Waals surface area contributed by atoms with Crippen LogP contribution in [0, 0.1) is 5.92 Å². The highest BCUT2D eigenvalue weighted by atomic mass is 32.2. The lowest BCUT2D eigenvalue weighted by molar-refractivity contribution is 0.570. The number of pyridine rings is 1. The lowest BCUT2D eigenvalue weighted by Crippen LogP contribution is -2.18. The van der Waals surface area contributed by atoms with Crippen molar-refractivity contribution >= 4 is 9.84 Å². The van der Waals surface area contributed by atoms with Crippen molar-refractivity contribution in [2.24, 2.45) is 5.92 Å². The average molecular weight is 226 g/mol. The van der Waals surface area contributed by atoms with E-state index in [-0.39, 0.29) is 11.7 Å². The van der Waals surface area contributed by atoms with Crippen molar-refractivity contribution in [1.82, 2.24) is 10.3 Å². The minimum atomic E-state index is -3.12. The Labute approximate surface area is 89.6 Å². The molecule has 82 valence electrons. The van der Waals surface area contributed by atoms with Crippen LogP contribution in [0.4, 0.5) is 0 Å². The lowest BCUT2D eigenvalue weighted by Gasteiger charge is -2.08. The van der Waals surface area contributed by atoms with Gasteiger partial charge >= 0.3 is 0 Å². The molecule has 0 saturated carbocycles. The van der Waals surface area contributed by atoms with E-state index in [2.05, 4.69) is 10.3 Å². The maximum absolute atomic E-state index is 11.9. The molecule has 2 heterocycles. The van der Waals surface area contributed by atoms with Crippen LogP contribution in [0.2, 0.25) is 0 Å². The molecule has 1 aliphatic rings. The van der Waals surface area contributed by atoms with Crippen LogP contribution in [0.5, 0.6) is 0 Å². The summed E-state index contributed by atoms with van der Waals surface area (Å²) >= 11 is 0. The molecular weight excluding hydrogens is 212 g/mol. The third-order valence-corrected chi connectivity index (χ3v) is 4.53. The predicted octanol–water partition coefficient (Wildman–Crippen LogP) is 0.465. The monoisotopic (exact) mass is 226 g/mol. The number of nitrogens with one attached hydrogen (secondary N) is 1.